The Hall–Kier alpha value is -1.06. The smallest absolute Gasteiger partial charge is 0.248 e. The molecule has 0 bridgehead atoms. The topological polar surface area (TPSA) is 49.4 Å². The number of rotatable bonds is 3. The summed E-state index contributed by atoms with van der Waals surface area (Å²) in [6.45, 7) is 7.10. The van der Waals surface area contributed by atoms with E-state index in [0.717, 1.165) is 38.6 Å². The van der Waals surface area contributed by atoms with Gasteiger partial charge in [-0.25, -0.2) is 0 Å². The molecule has 4 heteroatoms. The third kappa shape index (κ3) is 2.99. The van der Waals surface area contributed by atoms with Gasteiger partial charge in [-0.3, -0.25) is 9.59 Å². The monoisotopic (exact) mass is 280 g/mol. The first-order chi connectivity index (χ1) is 9.48. The summed E-state index contributed by atoms with van der Waals surface area (Å²) in [5.41, 5.74) is -0.604. The van der Waals surface area contributed by atoms with Crippen LogP contribution in [-0.4, -0.2) is 34.8 Å². The van der Waals surface area contributed by atoms with Gasteiger partial charge < -0.3 is 10.2 Å². The van der Waals surface area contributed by atoms with Gasteiger partial charge in [0.15, 0.2) is 0 Å². The van der Waals surface area contributed by atoms with Crippen molar-refractivity contribution in [2.75, 3.05) is 6.54 Å². The molecule has 2 fully saturated rings. The molecule has 1 saturated carbocycles. The molecule has 1 N–H and O–H groups in total. The van der Waals surface area contributed by atoms with Gasteiger partial charge in [-0.05, 0) is 25.7 Å². The fourth-order valence-electron chi connectivity index (χ4n) is 3.45. The Morgan fingerprint density at radius 2 is 1.95 bits per heavy atom. The highest BCUT2D eigenvalue weighted by atomic mass is 16.2. The SMILES string of the molecule is CCC(C)CN1C(=O)C2(CCCCC2)NC(=O)CC1C. The van der Waals surface area contributed by atoms with E-state index in [0.29, 0.717) is 12.3 Å². The fourth-order valence-corrected chi connectivity index (χ4v) is 3.45. The van der Waals surface area contributed by atoms with E-state index in [4.69, 9.17) is 0 Å². The Labute approximate surface area is 122 Å². The van der Waals surface area contributed by atoms with Gasteiger partial charge in [-0.1, -0.05) is 39.5 Å². The molecule has 2 atom stereocenters. The van der Waals surface area contributed by atoms with Crippen LogP contribution in [0.25, 0.3) is 0 Å². The standard InChI is InChI=1S/C16H28N2O2/c1-4-12(2)11-18-13(3)10-14(19)17-16(15(18)20)8-6-5-7-9-16/h12-13H,4-11H2,1-3H3,(H,17,19). The zero-order valence-electron chi connectivity index (χ0n) is 13.1. The van der Waals surface area contributed by atoms with Crippen molar-refractivity contribution in [2.45, 2.75) is 77.3 Å². The third-order valence-electron chi connectivity index (χ3n) is 4.97. The van der Waals surface area contributed by atoms with Crippen LogP contribution >= 0.6 is 0 Å². The lowest BCUT2D eigenvalue weighted by molar-refractivity contribution is -0.142. The molecule has 4 nitrogen and oxygen atoms in total. The van der Waals surface area contributed by atoms with E-state index in [2.05, 4.69) is 19.2 Å². The van der Waals surface area contributed by atoms with Crippen LogP contribution in [0.2, 0.25) is 0 Å². The Morgan fingerprint density at radius 3 is 2.55 bits per heavy atom. The van der Waals surface area contributed by atoms with E-state index in [-0.39, 0.29) is 17.9 Å². The summed E-state index contributed by atoms with van der Waals surface area (Å²) in [7, 11) is 0. The predicted octanol–water partition coefficient (Wildman–Crippen LogP) is 2.47. The molecule has 1 spiro atoms. The Bertz CT molecular complexity index is 375. The minimum absolute atomic E-state index is 0.0119. The van der Waals surface area contributed by atoms with Crippen LogP contribution in [0.3, 0.4) is 0 Å². The van der Waals surface area contributed by atoms with Crippen molar-refractivity contribution in [1.82, 2.24) is 10.2 Å². The Morgan fingerprint density at radius 1 is 1.30 bits per heavy atom. The third-order valence-corrected chi connectivity index (χ3v) is 4.97. The summed E-state index contributed by atoms with van der Waals surface area (Å²) in [6.07, 6.45) is 6.36. The minimum Gasteiger partial charge on any atom is -0.342 e. The quantitative estimate of drug-likeness (QED) is 0.863. The van der Waals surface area contributed by atoms with Gasteiger partial charge in [0.25, 0.3) is 0 Å². The second kappa shape index (κ2) is 6.15. The van der Waals surface area contributed by atoms with E-state index >= 15 is 0 Å². The molecule has 114 valence electrons. The molecule has 1 aliphatic heterocycles. The van der Waals surface area contributed by atoms with Crippen molar-refractivity contribution in [1.29, 1.82) is 0 Å². The molecule has 0 aromatic heterocycles. The van der Waals surface area contributed by atoms with E-state index in [1.807, 2.05) is 11.8 Å². The van der Waals surface area contributed by atoms with Crippen LogP contribution in [0.15, 0.2) is 0 Å². The number of carbonyl (C=O) groups excluding carboxylic acids is 2. The van der Waals surface area contributed by atoms with E-state index in [1.54, 1.807) is 0 Å². The highest BCUT2D eigenvalue weighted by Crippen LogP contribution is 2.33. The van der Waals surface area contributed by atoms with Crippen LogP contribution in [0, 0.1) is 5.92 Å². The summed E-state index contributed by atoms with van der Waals surface area (Å²) in [4.78, 5) is 27.1. The van der Waals surface area contributed by atoms with Crippen LogP contribution < -0.4 is 5.32 Å². The average molecular weight is 280 g/mol. The maximum atomic E-state index is 13.0. The molecule has 20 heavy (non-hydrogen) atoms. The molecule has 1 saturated heterocycles. The zero-order valence-corrected chi connectivity index (χ0v) is 13.1. The number of hydrogen-bond acceptors (Lipinski definition) is 2. The summed E-state index contributed by atoms with van der Waals surface area (Å²) >= 11 is 0. The molecular formula is C16H28N2O2. The largest absolute Gasteiger partial charge is 0.342 e. The van der Waals surface area contributed by atoms with Crippen LogP contribution in [0.1, 0.15) is 65.7 Å². The van der Waals surface area contributed by atoms with Crippen molar-refractivity contribution < 1.29 is 9.59 Å². The predicted molar refractivity (Wildman–Crippen MR) is 79.2 cm³/mol. The van der Waals surface area contributed by atoms with Crippen molar-refractivity contribution in [3.8, 4) is 0 Å². The van der Waals surface area contributed by atoms with Gasteiger partial charge >= 0.3 is 0 Å². The first-order valence-electron chi connectivity index (χ1n) is 8.10. The number of nitrogens with zero attached hydrogens (tertiary/aromatic N) is 1. The summed E-state index contributed by atoms with van der Waals surface area (Å²) < 4.78 is 0. The first kappa shape index (κ1) is 15.3. The van der Waals surface area contributed by atoms with E-state index < -0.39 is 5.54 Å². The van der Waals surface area contributed by atoms with Crippen molar-refractivity contribution >= 4 is 11.8 Å². The number of nitrogens with one attached hydrogen (secondary N) is 1. The molecule has 2 rings (SSSR count). The Balaban J connectivity index is 2.25. The van der Waals surface area contributed by atoms with E-state index in [1.165, 1.54) is 6.42 Å². The average Bonchev–Trinajstić information content (AvgIpc) is 2.50. The lowest BCUT2D eigenvalue weighted by Gasteiger charge is -2.40. The maximum Gasteiger partial charge on any atom is 0.248 e. The molecule has 0 aromatic carbocycles. The van der Waals surface area contributed by atoms with Crippen LogP contribution in [0.4, 0.5) is 0 Å². The number of carbonyl (C=O) groups is 2. The lowest BCUT2D eigenvalue weighted by atomic mass is 9.80. The molecular weight excluding hydrogens is 252 g/mol. The zero-order chi connectivity index (χ0) is 14.8. The van der Waals surface area contributed by atoms with Gasteiger partial charge in [0.05, 0.1) is 0 Å². The molecule has 2 aliphatic rings. The fraction of sp³-hybridized carbons (Fsp3) is 0.875. The molecule has 2 unspecified atom stereocenters. The molecule has 0 radical (unpaired) electrons. The lowest BCUT2D eigenvalue weighted by Crippen LogP contribution is -2.59. The normalized spacial score (nSPS) is 28.1. The minimum atomic E-state index is -0.604. The molecule has 1 heterocycles. The molecule has 0 aromatic rings. The van der Waals surface area contributed by atoms with Crippen molar-refractivity contribution in [3.63, 3.8) is 0 Å². The van der Waals surface area contributed by atoms with Gasteiger partial charge in [0.1, 0.15) is 5.54 Å². The second-order valence-corrected chi connectivity index (χ2v) is 6.72. The number of amides is 2. The maximum absolute atomic E-state index is 13.0. The summed E-state index contributed by atoms with van der Waals surface area (Å²) in [6, 6.07) is 0.0119. The van der Waals surface area contributed by atoms with Gasteiger partial charge in [0.2, 0.25) is 11.8 Å². The summed E-state index contributed by atoms with van der Waals surface area (Å²) in [5, 5.41) is 3.07. The second-order valence-electron chi connectivity index (χ2n) is 6.72. The van der Waals surface area contributed by atoms with Gasteiger partial charge in [-0.2, -0.15) is 0 Å². The molecule has 2 amide bonds. The molecule has 1 aliphatic carbocycles. The van der Waals surface area contributed by atoms with E-state index in [9.17, 15) is 9.59 Å². The Kier molecular flexibility index (Phi) is 4.71. The highest BCUT2D eigenvalue weighted by molar-refractivity contribution is 5.94. The summed E-state index contributed by atoms with van der Waals surface area (Å²) in [5.74, 6) is 0.686. The van der Waals surface area contributed by atoms with Crippen LogP contribution in [-0.2, 0) is 9.59 Å². The van der Waals surface area contributed by atoms with Crippen molar-refractivity contribution in [3.05, 3.63) is 0 Å². The van der Waals surface area contributed by atoms with Gasteiger partial charge in [-0.15, -0.1) is 0 Å². The number of hydrogen-bond donors (Lipinski definition) is 1. The van der Waals surface area contributed by atoms with Crippen LogP contribution in [0.5, 0.6) is 0 Å². The van der Waals surface area contributed by atoms with Gasteiger partial charge in [0, 0.05) is 19.0 Å². The first-order valence-corrected chi connectivity index (χ1v) is 8.10. The highest BCUT2D eigenvalue weighted by Gasteiger charge is 2.46. The van der Waals surface area contributed by atoms with Crippen molar-refractivity contribution in [2.24, 2.45) is 5.92 Å².